The van der Waals surface area contributed by atoms with E-state index in [1.807, 2.05) is 34.5 Å². The average molecular weight is 341 g/mol. The van der Waals surface area contributed by atoms with Crippen LogP contribution in [0.1, 0.15) is 35.9 Å². The first kappa shape index (κ1) is 15.3. The molecule has 0 spiro atoms. The van der Waals surface area contributed by atoms with Crippen LogP contribution < -0.4 is 4.90 Å². The summed E-state index contributed by atoms with van der Waals surface area (Å²) in [4.78, 5) is 33.2. The Morgan fingerprint density at radius 3 is 3.00 bits per heavy atom. The highest BCUT2D eigenvalue weighted by atomic mass is 32.1. The summed E-state index contributed by atoms with van der Waals surface area (Å²) in [6.45, 7) is 0.866. The van der Waals surface area contributed by atoms with Gasteiger partial charge in [-0.1, -0.05) is 18.2 Å². The third-order valence-corrected chi connectivity index (χ3v) is 5.67. The summed E-state index contributed by atoms with van der Waals surface area (Å²) in [7, 11) is 0. The largest absolute Gasteiger partial charge is 0.332 e. The summed E-state index contributed by atoms with van der Waals surface area (Å²) in [6.07, 6.45) is 4.95. The van der Waals surface area contributed by atoms with E-state index in [0.717, 1.165) is 42.1 Å². The number of hydrogen-bond donors (Lipinski definition) is 0. The van der Waals surface area contributed by atoms with Crippen LogP contribution in [-0.4, -0.2) is 34.8 Å². The van der Waals surface area contributed by atoms with Crippen LogP contribution >= 0.6 is 11.3 Å². The molecule has 2 amide bonds. The highest BCUT2D eigenvalue weighted by molar-refractivity contribution is 7.09. The zero-order chi connectivity index (χ0) is 16.5. The van der Waals surface area contributed by atoms with Crippen LogP contribution in [0.15, 0.2) is 35.8 Å². The standard InChI is InChI=1S/C18H19N3O2S/c22-16-8-7-13-4-1-2-5-14(13)21(16)12-17(23)20-10-3-6-15(20)18-19-9-11-24-18/h1-2,4-5,9,11,15H,3,6-8,10,12H2/t15-/m0/s1. The fraction of sp³-hybridized carbons (Fsp3) is 0.389. The van der Waals surface area contributed by atoms with E-state index in [1.54, 1.807) is 22.4 Å². The minimum Gasteiger partial charge on any atom is -0.332 e. The summed E-state index contributed by atoms with van der Waals surface area (Å²) < 4.78 is 0. The number of anilines is 1. The van der Waals surface area contributed by atoms with Crippen LogP contribution in [0.25, 0.3) is 0 Å². The summed E-state index contributed by atoms with van der Waals surface area (Å²) >= 11 is 1.59. The molecule has 2 aliphatic rings. The number of aromatic nitrogens is 1. The first-order chi connectivity index (χ1) is 11.7. The SMILES string of the molecule is O=C1CCc2ccccc2N1CC(=O)N1CCC[C@H]1c1nccs1. The van der Waals surface area contributed by atoms with Gasteiger partial charge in [0.1, 0.15) is 11.6 Å². The van der Waals surface area contributed by atoms with Gasteiger partial charge >= 0.3 is 0 Å². The third-order valence-electron chi connectivity index (χ3n) is 4.79. The summed E-state index contributed by atoms with van der Waals surface area (Å²) in [6, 6.07) is 7.93. The van der Waals surface area contributed by atoms with Gasteiger partial charge in [-0.25, -0.2) is 4.98 Å². The Labute approximate surface area is 144 Å². The van der Waals surface area contributed by atoms with E-state index < -0.39 is 0 Å². The van der Waals surface area contributed by atoms with E-state index in [9.17, 15) is 9.59 Å². The molecule has 1 aromatic heterocycles. The van der Waals surface area contributed by atoms with Crippen molar-refractivity contribution in [2.24, 2.45) is 0 Å². The average Bonchev–Trinajstić information content (AvgIpc) is 3.28. The molecule has 2 aliphatic heterocycles. The van der Waals surface area contributed by atoms with Crippen molar-refractivity contribution in [2.45, 2.75) is 31.7 Å². The minimum atomic E-state index is 0.0118. The van der Waals surface area contributed by atoms with Crippen molar-refractivity contribution in [3.63, 3.8) is 0 Å². The van der Waals surface area contributed by atoms with Crippen molar-refractivity contribution in [2.75, 3.05) is 18.0 Å². The third kappa shape index (κ3) is 2.71. The molecule has 1 saturated heterocycles. The lowest BCUT2D eigenvalue weighted by molar-refractivity contribution is -0.132. The molecule has 5 nitrogen and oxygen atoms in total. The molecule has 0 unspecified atom stereocenters. The maximum atomic E-state index is 12.9. The summed E-state index contributed by atoms with van der Waals surface area (Å²) in [5, 5.41) is 2.94. The Morgan fingerprint density at radius 1 is 1.29 bits per heavy atom. The zero-order valence-electron chi connectivity index (χ0n) is 13.4. The van der Waals surface area contributed by atoms with Crippen LogP contribution in [-0.2, 0) is 16.0 Å². The van der Waals surface area contributed by atoms with Crippen molar-refractivity contribution in [3.05, 3.63) is 46.4 Å². The van der Waals surface area contributed by atoms with Crippen LogP contribution in [0.2, 0.25) is 0 Å². The molecule has 4 rings (SSSR count). The first-order valence-electron chi connectivity index (χ1n) is 8.31. The predicted molar refractivity (Wildman–Crippen MR) is 92.9 cm³/mol. The molecule has 124 valence electrons. The number of carbonyl (C=O) groups is 2. The second-order valence-corrected chi connectivity index (χ2v) is 7.15. The fourth-order valence-electron chi connectivity index (χ4n) is 3.62. The molecule has 24 heavy (non-hydrogen) atoms. The van der Waals surface area contributed by atoms with Gasteiger partial charge in [0.05, 0.1) is 6.04 Å². The number of thiazole rings is 1. The minimum absolute atomic E-state index is 0.0118. The zero-order valence-corrected chi connectivity index (χ0v) is 14.2. The molecule has 0 aliphatic carbocycles. The van der Waals surface area contributed by atoms with Crippen molar-refractivity contribution in [1.29, 1.82) is 0 Å². The molecule has 1 atom stereocenters. The number of likely N-dealkylation sites (tertiary alicyclic amines) is 1. The highest BCUT2D eigenvalue weighted by Gasteiger charge is 2.34. The van der Waals surface area contributed by atoms with Gasteiger partial charge in [0.15, 0.2) is 0 Å². The van der Waals surface area contributed by atoms with Crippen molar-refractivity contribution >= 4 is 28.8 Å². The fourth-order valence-corrected chi connectivity index (χ4v) is 4.40. The molecule has 0 N–H and O–H groups in total. The van der Waals surface area contributed by atoms with E-state index in [4.69, 9.17) is 0 Å². The quantitative estimate of drug-likeness (QED) is 0.863. The van der Waals surface area contributed by atoms with Crippen LogP contribution in [0.3, 0.4) is 0 Å². The van der Waals surface area contributed by atoms with Gasteiger partial charge in [-0.2, -0.15) is 0 Å². The molecule has 0 saturated carbocycles. The number of carbonyl (C=O) groups excluding carboxylic acids is 2. The highest BCUT2D eigenvalue weighted by Crippen LogP contribution is 2.34. The Bertz CT molecular complexity index is 759. The number of nitrogens with zero attached hydrogens (tertiary/aromatic N) is 3. The smallest absolute Gasteiger partial charge is 0.243 e. The number of hydrogen-bond acceptors (Lipinski definition) is 4. The van der Waals surface area contributed by atoms with E-state index in [2.05, 4.69) is 4.98 Å². The topological polar surface area (TPSA) is 53.5 Å². The van der Waals surface area contributed by atoms with E-state index >= 15 is 0 Å². The maximum absolute atomic E-state index is 12.9. The van der Waals surface area contributed by atoms with Gasteiger partial charge in [-0.05, 0) is 30.9 Å². The van der Waals surface area contributed by atoms with E-state index in [-0.39, 0.29) is 24.4 Å². The number of benzene rings is 1. The lowest BCUT2D eigenvalue weighted by Crippen LogP contribution is -2.44. The Morgan fingerprint density at radius 2 is 2.17 bits per heavy atom. The van der Waals surface area contributed by atoms with Gasteiger partial charge < -0.3 is 9.80 Å². The molecule has 3 heterocycles. The molecule has 0 bridgehead atoms. The Hall–Kier alpha value is -2.21. The molecule has 1 aromatic carbocycles. The Kier molecular flexibility index (Phi) is 4.06. The second kappa shape index (κ2) is 6.36. The lowest BCUT2D eigenvalue weighted by atomic mass is 10.0. The Balaban J connectivity index is 1.55. The summed E-state index contributed by atoms with van der Waals surface area (Å²) in [5.41, 5.74) is 2.02. The molecular weight excluding hydrogens is 322 g/mol. The van der Waals surface area contributed by atoms with Crippen molar-refractivity contribution in [3.8, 4) is 0 Å². The summed E-state index contributed by atoms with van der Waals surface area (Å²) in [5.74, 6) is 0.0461. The number of para-hydroxylation sites is 1. The van der Waals surface area contributed by atoms with Gasteiger partial charge in [-0.15, -0.1) is 11.3 Å². The second-order valence-electron chi connectivity index (χ2n) is 6.22. The molecule has 6 heteroatoms. The predicted octanol–water partition coefficient (Wildman–Crippen LogP) is 2.79. The van der Waals surface area contributed by atoms with Gasteiger partial charge in [-0.3, -0.25) is 9.59 Å². The van der Waals surface area contributed by atoms with Crippen LogP contribution in [0, 0.1) is 0 Å². The molecular formula is C18H19N3O2S. The van der Waals surface area contributed by atoms with Crippen molar-refractivity contribution in [1.82, 2.24) is 9.88 Å². The molecule has 0 radical (unpaired) electrons. The van der Waals surface area contributed by atoms with Gasteiger partial charge in [0.25, 0.3) is 0 Å². The molecule has 2 aromatic rings. The van der Waals surface area contributed by atoms with Crippen LogP contribution in [0.4, 0.5) is 5.69 Å². The number of amides is 2. The number of aryl methyl sites for hydroxylation is 1. The van der Waals surface area contributed by atoms with Gasteiger partial charge in [0.2, 0.25) is 11.8 Å². The lowest BCUT2D eigenvalue weighted by Gasteiger charge is -2.31. The van der Waals surface area contributed by atoms with Crippen LogP contribution in [0.5, 0.6) is 0 Å². The first-order valence-corrected chi connectivity index (χ1v) is 9.19. The van der Waals surface area contributed by atoms with Gasteiger partial charge in [0, 0.05) is 30.2 Å². The van der Waals surface area contributed by atoms with E-state index in [0.29, 0.717) is 6.42 Å². The maximum Gasteiger partial charge on any atom is 0.243 e. The van der Waals surface area contributed by atoms with Crippen molar-refractivity contribution < 1.29 is 9.59 Å². The molecule has 1 fully saturated rings. The normalized spacial score (nSPS) is 20.3. The number of fused-ring (bicyclic) bond motifs is 1. The number of rotatable bonds is 3. The monoisotopic (exact) mass is 341 g/mol. The van der Waals surface area contributed by atoms with E-state index in [1.165, 1.54) is 0 Å².